The summed E-state index contributed by atoms with van der Waals surface area (Å²) in [4.78, 5) is 27.6. The Hall–Kier alpha value is -0.820. The van der Waals surface area contributed by atoms with E-state index in [2.05, 4.69) is 40.7 Å². The molecule has 8 heteroatoms. The molecule has 0 radical (unpaired) electrons. The fraction of sp³-hybridized carbons (Fsp3) is 0.895. The first-order chi connectivity index (χ1) is 21.0. The second kappa shape index (κ2) is 18.8. The van der Waals surface area contributed by atoms with Gasteiger partial charge in [-0.3, -0.25) is 9.59 Å². The average molecular weight is 687 g/mol. The molecule has 0 aromatic rings. The van der Waals surface area contributed by atoms with Crippen molar-refractivity contribution in [1.82, 2.24) is 4.90 Å². The minimum atomic E-state index is -0.227. The van der Waals surface area contributed by atoms with Crippen molar-refractivity contribution in [2.45, 2.75) is 143 Å². The molecular weight excluding hydrogens is 617 g/mol. The van der Waals surface area contributed by atoms with Crippen LogP contribution >= 0.6 is 24.8 Å². The van der Waals surface area contributed by atoms with Gasteiger partial charge in [-0.05, 0) is 124 Å². The van der Waals surface area contributed by atoms with Crippen LogP contribution in [0.2, 0.25) is 0 Å². The van der Waals surface area contributed by atoms with Crippen LogP contribution in [-0.2, 0) is 14.3 Å². The van der Waals surface area contributed by atoms with E-state index in [0.29, 0.717) is 31.6 Å². The zero-order valence-corrected chi connectivity index (χ0v) is 31.5. The first kappa shape index (κ1) is 41.4. The standard InChI is InChI=1S/C38H67N3O3.2ClH/c1-27(2)10-8-11-28(3)32-14-15-33-31-13-12-29-26-30(18-20-37(29,4)34(31)19-21-38(32,33)5)44-36(43)17-16-35(42)41(25-9-23-40)24-7-6-22-39;;/h12,27-28,30-34H,6-11,13-26,39-40H2,1-5H3;2*1H/t28-,30+,31+,32-,33+,34+,37+,38-;;/m1../s1. The zero-order chi connectivity index (χ0) is 31.9. The van der Waals surface area contributed by atoms with Gasteiger partial charge in [-0.1, -0.05) is 65.5 Å². The molecule has 46 heavy (non-hydrogen) atoms. The third-order valence-corrected chi connectivity index (χ3v) is 13.0. The maximum absolute atomic E-state index is 12.9. The molecule has 3 fully saturated rings. The van der Waals surface area contributed by atoms with Crippen molar-refractivity contribution in [3.8, 4) is 0 Å². The van der Waals surface area contributed by atoms with Crippen LogP contribution in [0.5, 0.6) is 0 Å². The van der Waals surface area contributed by atoms with Gasteiger partial charge in [0.05, 0.1) is 6.42 Å². The summed E-state index contributed by atoms with van der Waals surface area (Å²) in [6.07, 6.45) is 19.3. The van der Waals surface area contributed by atoms with Crippen LogP contribution in [0.3, 0.4) is 0 Å². The van der Waals surface area contributed by atoms with Gasteiger partial charge >= 0.3 is 5.97 Å². The summed E-state index contributed by atoms with van der Waals surface area (Å²) in [7, 11) is 0. The molecule has 1 amide bonds. The molecular formula is C38H69Cl2N3O3. The zero-order valence-electron chi connectivity index (χ0n) is 29.9. The predicted molar refractivity (Wildman–Crippen MR) is 195 cm³/mol. The summed E-state index contributed by atoms with van der Waals surface area (Å²) in [5.41, 5.74) is 13.6. The van der Waals surface area contributed by atoms with Gasteiger partial charge in [-0.15, -0.1) is 24.8 Å². The van der Waals surface area contributed by atoms with Crippen molar-refractivity contribution in [3.05, 3.63) is 11.6 Å². The lowest BCUT2D eigenvalue weighted by atomic mass is 9.47. The van der Waals surface area contributed by atoms with Crippen LogP contribution < -0.4 is 11.5 Å². The number of nitrogens with two attached hydrogens (primary N) is 2. The molecule has 4 N–H and O–H groups in total. The molecule has 268 valence electrons. The highest BCUT2D eigenvalue weighted by Gasteiger charge is 2.59. The number of esters is 1. The minimum absolute atomic E-state index is 0. The Morgan fingerprint density at radius 3 is 2.30 bits per heavy atom. The van der Waals surface area contributed by atoms with Crippen LogP contribution in [0.25, 0.3) is 0 Å². The number of rotatable bonds is 16. The minimum Gasteiger partial charge on any atom is -0.462 e. The largest absolute Gasteiger partial charge is 0.462 e. The molecule has 6 nitrogen and oxygen atoms in total. The van der Waals surface area contributed by atoms with E-state index in [9.17, 15) is 9.59 Å². The normalized spacial score (nSPS) is 32.2. The van der Waals surface area contributed by atoms with Crippen LogP contribution in [0.4, 0.5) is 0 Å². The van der Waals surface area contributed by atoms with Gasteiger partial charge in [0, 0.05) is 25.9 Å². The maximum Gasteiger partial charge on any atom is 0.306 e. The van der Waals surface area contributed by atoms with E-state index in [1.165, 1.54) is 51.4 Å². The lowest BCUT2D eigenvalue weighted by Gasteiger charge is -2.58. The van der Waals surface area contributed by atoms with Crippen LogP contribution in [0.15, 0.2) is 11.6 Å². The summed E-state index contributed by atoms with van der Waals surface area (Å²) < 4.78 is 6.02. The van der Waals surface area contributed by atoms with E-state index < -0.39 is 0 Å². The molecule has 3 saturated carbocycles. The van der Waals surface area contributed by atoms with Crippen LogP contribution in [0.1, 0.15) is 137 Å². The van der Waals surface area contributed by atoms with Gasteiger partial charge in [-0.2, -0.15) is 0 Å². The number of halogens is 2. The summed E-state index contributed by atoms with van der Waals surface area (Å²) in [5, 5.41) is 0. The lowest BCUT2D eigenvalue weighted by molar-refractivity contribution is -0.153. The lowest BCUT2D eigenvalue weighted by Crippen LogP contribution is -2.51. The summed E-state index contributed by atoms with van der Waals surface area (Å²) >= 11 is 0. The van der Waals surface area contributed by atoms with Crippen molar-refractivity contribution < 1.29 is 14.3 Å². The van der Waals surface area contributed by atoms with Crippen molar-refractivity contribution in [2.75, 3.05) is 26.2 Å². The number of unbranched alkanes of at least 4 members (excludes halogenated alkanes) is 1. The monoisotopic (exact) mass is 685 g/mol. The number of amides is 1. The number of carbonyl (C=O) groups is 2. The number of carbonyl (C=O) groups excluding carboxylic acids is 2. The van der Waals surface area contributed by atoms with E-state index in [1.807, 2.05) is 4.90 Å². The number of hydrogen-bond donors (Lipinski definition) is 2. The third-order valence-electron chi connectivity index (χ3n) is 13.0. The maximum atomic E-state index is 12.9. The average Bonchev–Trinajstić information content (AvgIpc) is 3.35. The molecule has 0 heterocycles. The van der Waals surface area contributed by atoms with Crippen molar-refractivity contribution in [1.29, 1.82) is 0 Å². The van der Waals surface area contributed by atoms with E-state index in [-0.39, 0.29) is 61.1 Å². The van der Waals surface area contributed by atoms with Gasteiger partial charge in [0.1, 0.15) is 6.10 Å². The highest BCUT2D eigenvalue weighted by Crippen LogP contribution is 2.67. The Morgan fingerprint density at radius 2 is 1.61 bits per heavy atom. The fourth-order valence-corrected chi connectivity index (χ4v) is 10.5. The Balaban J connectivity index is 0.00000368. The van der Waals surface area contributed by atoms with Crippen LogP contribution in [0, 0.1) is 46.3 Å². The second-order valence-electron chi connectivity index (χ2n) is 16.2. The Bertz CT molecular complexity index is 992. The highest BCUT2D eigenvalue weighted by molar-refractivity contribution is 5.85. The molecule has 0 aromatic heterocycles. The Labute approximate surface area is 294 Å². The van der Waals surface area contributed by atoms with Gasteiger partial charge < -0.3 is 21.1 Å². The van der Waals surface area contributed by atoms with E-state index >= 15 is 0 Å². The number of fused-ring (bicyclic) bond motifs is 5. The van der Waals surface area contributed by atoms with Crippen molar-refractivity contribution in [3.63, 3.8) is 0 Å². The number of ether oxygens (including phenoxy) is 1. The quantitative estimate of drug-likeness (QED) is 0.0965. The predicted octanol–water partition coefficient (Wildman–Crippen LogP) is 8.48. The fourth-order valence-electron chi connectivity index (χ4n) is 10.5. The molecule has 4 aliphatic rings. The third kappa shape index (κ3) is 9.66. The molecule has 0 unspecified atom stereocenters. The molecule has 0 bridgehead atoms. The number of nitrogens with zero attached hydrogens (tertiary/aromatic N) is 1. The molecule has 0 aliphatic heterocycles. The van der Waals surface area contributed by atoms with Crippen LogP contribution in [-0.4, -0.2) is 49.1 Å². The van der Waals surface area contributed by atoms with E-state index in [0.717, 1.165) is 74.0 Å². The topological polar surface area (TPSA) is 98.7 Å². The molecule has 8 atom stereocenters. The SMILES string of the molecule is CC(C)CCC[C@@H](C)[C@H]1CC[C@H]2[C@@H]3CC=C4C[C@@H](OC(=O)CCC(=O)N(CCCN)CCCCN)CC[C@]4(C)[C@H]3CC[C@]12C.Cl.Cl. The van der Waals surface area contributed by atoms with E-state index in [1.54, 1.807) is 5.57 Å². The molecule has 4 rings (SSSR count). The van der Waals surface area contributed by atoms with Crippen molar-refractivity contribution >= 4 is 36.7 Å². The smallest absolute Gasteiger partial charge is 0.306 e. The van der Waals surface area contributed by atoms with E-state index in [4.69, 9.17) is 16.2 Å². The summed E-state index contributed by atoms with van der Waals surface area (Å²) in [5.74, 6) is 4.78. The van der Waals surface area contributed by atoms with Gasteiger partial charge in [-0.25, -0.2) is 0 Å². The number of allylic oxidation sites excluding steroid dienone is 1. The molecule has 4 aliphatic carbocycles. The first-order valence-corrected chi connectivity index (χ1v) is 18.6. The summed E-state index contributed by atoms with van der Waals surface area (Å²) in [6, 6.07) is 0. The second-order valence-corrected chi connectivity index (χ2v) is 16.2. The van der Waals surface area contributed by atoms with Gasteiger partial charge in [0.15, 0.2) is 0 Å². The van der Waals surface area contributed by atoms with Gasteiger partial charge in [0.25, 0.3) is 0 Å². The van der Waals surface area contributed by atoms with Crippen molar-refractivity contribution in [2.24, 2.45) is 57.8 Å². The Morgan fingerprint density at radius 1 is 0.891 bits per heavy atom. The summed E-state index contributed by atoms with van der Waals surface area (Å²) in [6.45, 7) is 15.0. The van der Waals surface area contributed by atoms with Gasteiger partial charge in [0.2, 0.25) is 5.91 Å². The molecule has 0 spiro atoms. The first-order valence-electron chi connectivity index (χ1n) is 18.6. The molecule has 0 saturated heterocycles. The highest BCUT2D eigenvalue weighted by atomic mass is 35.5. The number of hydrogen-bond acceptors (Lipinski definition) is 5. The molecule has 0 aromatic carbocycles. The Kier molecular flexibility index (Phi) is 16.9.